The first-order valence-electron chi connectivity index (χ1n) is 6.85. The SMILES string of the molecule is CCC1(C(=O)O)CCN(C(=O)C2COCC2N)CC1. The summed E-state index contributed by atoms with van der Waals surface area (Å²) in [7, 11) is 0. The summed E-state index contributed by atoms with van der Waals surface area (Å²) >= 11 is 0. The lowest BCUT2D eigenvalue weighted by atomic mass is 9.76. The molecular weight excluding hydrogens is 248 g/mol. The van der Waals surface area contributed by atoms with Crippen LogP contribution < -0.4 is 5.73 Å². The minimum absolute atomic E-state index is 0.0140. The van der Waals surface area contributed by atoms with Gasteiger partial charge in [0, 0.05) is 19.1 Å². The molecule has 2 aliphatic heterocycles. The van der Waals surface area contributed by atoms with E-state index in [1.807, 2.05) is 6.92 Å². The second-order valence-electron chi connectivity index (χ2n) is 5.57. The number of nitrogens with zero attached hydrogens (tertiary/aromatic N) is 1. The summed E-state index contributed by atoms with van der Waals surface area (Å²) in [5.41, 5.74) is 5.19. The summed E-state index contributed by atoms with van der Waals surface area (Å²) in [6.07, 6.45) is 1.65. The first-order chi connectivity index (χ1) is 9.00. The molecule has 0 radical (unpaired) electrons. The number of ether oxygens (including phenoxy) is 1. The normalized spacial score (nSPS) is 30.3. The van der Waals surface area contributed by atoms with Gasteiger partial charge in [-0.25, -0.2) is 0 Å². The highest BCUT2D eigenvalue weighted by Crippen LogP contribution is 2.35. The smallest absolute Gasteiger partial charge is 0.309 e. The van der Waals surface area contributed by atoms with Gasteiger partial charge in [-0.15, -0.1) is 0 Å². The van der Waals surface area contributed by atoms with Gasteiger partial charge < -0.3 is 20.5 Å². The summed E-state index contributed by atoms with van der Waals surface area (Å²) in [5, 5.41) is 9.32. The Morgan fingerprint density at radius 1 is 1.37 bits per heavy atom. The Bertz CT molecular complexity index is 364. The number of piperidine rings is 1. The van der Waals surface area contributed by atoms with Gasteiger partial charge in [-0.3, -0.25) is 9.59 Å². The molecule has 1 amide bonds. The van der Waals surface area contributed by atoms with E-state index in [0.29, 0.717) is 45.6 Å². The molecule has 0 aliphatic carbocycles. The van der Waals surface area contributed by atoms with Gasteiger partial charge in [-0.2, -0.15) is 0 Å². The maximum atomic E-state index is 12.3. The van der Waals surface area contributed by atoms with Crippen molar-refractivity contribution in [1.29, 1.82) is 0 Å². The van der Waals surface area contributed by atoms with Crippen LogP contribution in [-0.4, -0.2) is 54.2 Å². The number of aliphatic carboxylic acids is 1. The molecule has 2 heterocycles. The first-order valence-corrected chi connectivity index (χ1v) is 6.85. The third kappa shape index (κ3) is 2.60. The second kappa shape index (κ2) is 5.46. The van der Waals surface area contributed by atoms with Crippen molar-refractivity contribution < 1.29 is 19.4 Å². The monoisotopic (exact) mass is 270 g/mol. The zero-order valence-corrected chi connectivity index (χ0v) is 11.3. The Morgan fingerprint density at radius 3 is 2.42 bits per heavy atom. The first kappa shape index (κ1) is 14.3. The van der Waals surface area contributed by atoms with Crippen LogP contribution in [0.3, 0.4) is 0 Å². The number of nitrogens with two attached hydrogens (primary N) is 1. The van der Waals surface area contributed by atoms with Crippen LogP contribution in [0.1, 0.15) is 26.2 Å². The average Bonchev–Trinajstić information content (AvgIpc) is 2.84. The molecule has 0 aromatic rings. The van der Waals surface area contributed by atoms with Crippen molar-refractivity contribution >= 4 is 11.9 Å². The number of carbonyl (C=O) groups is 2. The fourth-order valence-corrected chi connectivity index (χ4v) is 2.93. The zero-order chi connectivity index (χ0) is 14.0. The van der Waals surface area contributed by atoms with E-state index in [4.69, 9.17) is 10.5 Å². The van der Waals surface area contributed by atoms with Gasteiger partial charge >= 0.3 is 5.97 Å². The lowest BCUT2D eigenvalue weighted by Crippen LogP contribution is -2.50. The average molecular weight is 270 g/mol. The van der Waals surface area contributed by atoms with Crippen molar-refractivity contribution in [3.63, 3.8) is 0 Å². The van der Waals surface area contributed by atoms with Gasteiger partial charge in [0.05, 0.1) is 24.5 Å². The molecule has 3 N–H and O–H groups in total. The van der Waals surface area contributed by atoms with Gasteiger partial charge in [0.1, 0.15) is 0 Å². The van der Waals surface area contributed by atoms with Crippen molar-refractivity contribution in [2.75, 3.05) is 26.3 Å². The van der Waals surface area contributed by atoms with Gasteiger partial charge in [0.15, 0.2) is 0 Å². The largest absolute Gasteiger partial charge is 0.481 e. The van der Waals surface area contributed by atoms with E-state index in [1.165, 1.54) is 0 Å². The van der Waals surface area contributed by atoms with Crippen molar-refractivity contribution in [3.8, 4) is 0 Å². The number of carbonyl (C=O) groups excluding carboxylic acids is 1. The lowest BCUT2D eigenvalue weighted by Gasteiger charge is -2.39. The molecule has 2 saturated heterocycles. The van der Waals surface area contributed by atoms with E-state index in [-0.39, 0.29) is 17.9 Å². The molecule has 0 aromatic heterocycles. The predicted octanol–water partition coefficient (Wildman–Crippen LogP) is 0.0635. The number of hydrogen-bond acceptors (Lipinski definition) is 4. The molecule has 0 aromatic carbocycles. The molecule has 6 heteroatoms. The number of amides is 1. The number of carboxylic acids is 1. The quantitative estimate of drug-likeness (QED) is 0.756. The van der Waals surface area contributed by atoms with Crippen molar-refractivity contribution in [2.24, 2.45) is 17.1 Å². The molecule has 0 bridgehead atoms. The van der Waals surface area contributed by atoms with Crippen LogP contribution in [0.5, 0.6) is 0 Å². The Balaban J connectivity index is 1.96. The van der Waals surface area contributed by atoms with Gasteiger partial charge in [0.25, 0.3) is 0 Å². The van der Waals surface area contributed by atoms with E-state index < -0.39 is 11.4 Å². The van der Waals surface area contributed by atoms with Crippen LogP contribution in [0.25, 0.3) is 0 Å². The molecule has 2 unspecified atom stereocenters. The van der Waals surface area contributed by atoms with Crippen molar-refractivity contribution in [1.82, 2.24) is 4.90 Å². The molecule has 6 nitrogen and oxygen atoms in total. The fourth-order valence-electron chi connectivity index (χ4n) is 2.93. The highest BCUT2D eigenvalue weighted by Gasteiger charge is 2.43. The molecule has 0 spiro atoms. The van der Waals surface area contributed by atoms with Crippen LogP contribution in [-0.2, 0) is 14.3 Å². The Kier molecular flexibility index (Phi) is 4.10. The van der Waals surface area contributed by atoms with Crippen LogP contribution >= 0.6 is 0 Å². The Morgan fingerprint density at radius 2 is 2.00 bits per heavy atom. The maximum absolute atomic E-state index is 12.3. The van der Waals surface area contributed by atoms with Crippen molar-refractivity contribution in [2.45, 2.75) is 32.2 Å². The highest BCUT2D eigenvalue weighted by molar-refractivity contribution is 5.81. The molecule has 108 valence electrons. The third-order valence-corrected chi connectivity index (χ3v) is 4.60. The maximum Gasteiger partial charge on any atom is 0.309 e. The fraction of sp³-hybridized carbons (Fsp3) is 0.846. The standard InChI is InChI=1S/C13H22N2O4/c1-2-13(12(17)18)3-5-15(6-4-13)11(16)9-7-19-8-10(9)14/h9-10H,2-8,14H2,1H3,(H,17,18). The number of carboxylic acid groups (broad SMARTS) is 1. The van der Waals surface area contributed by atoms with Gasteiger partial charge in [0.2, 0.25) is 5.91 Å². The molecular formula is C13H22N2O4. The Hall–Kier alpha value is -1.14. The van der Waals surface area contributed by atoms with Gasteiger partial charge in [-0.1, -0.05) is 6.92 Å². The van der Waals surface area contributed by atoms with E-state index in [9.17, 15) is 14.7 Å². The van der Waals surface area contributed by atoms with Crippen molar-refractivity contribution in [3.05, 3.63) is 0 Å². The second-order valence-corrected chi connectivity index (χ2v) is 5.57. The topological polar surface area (TPSA) is 92.9 Å². The summed E-state index contributed by atoms with van der Waals surface area (Å²) in [4.78, 5) is 25.4. The van der Waals surface area contributed by atoms with E-state index >= 15 is 0 Å². The third-order valence-electron chi connectivity index (χ3n) is 4.60. The van der Waals surface area contributed by atoms with Crippen LogP contribution in [0.15, 0.2) is 0 Å². The lowest BCUT2D eigenvalue weighted by molar-refractivity contribution is -0.155. The van der Waals surface area contributed by atoms with Gasteiger partial charge in [-0.05, 0) is 19.3 Å². The number of rotatable bonds is 3. The minimum Gasteiger partial charge on any atom is -0.481 e. The summed E-state index contributed by atoms with van der Waals surface area (Å²) in [6, 6.07) is -0.232. The van der Waals surface area contributed by atoms with E-state index in [1.54, 1.807) is 4.90 Å². The van der Waals surface area contributed by atoms with Crippen LogP contribution in [0.4, 0.5) is 0 Å². The van der Waals surface area contributed by atoms with E-state index in [2.05, 4.69) is 0 Å². The molecule has 19 heavy (non-hydrogen) atoms. The summed E-state index contributed by atoms with van der Waals surface area (Å²) in [6.45, 7) is 3.71. The number of likely N-dealkylation sites (tertiary alicyclic amines) is 1. The minimum atomic E-state index is -0.747. The summed E-state index contributed by atoms with van der Waals surface area (Å²) < 4.78 is 5.22. The van der Waals surface area contributed by atoms with Crippen LogP contribution in [0, 0.1) is 11.3 Å². The highest BCUT2D eigenvalue weighted by atomic mass is 16.5. The summed E-state index contributed by atoms with van der Waals surface area (Å²) in [5.74, 6) is -0.998. The Labute approximate surface area is 112 Å². The van der Waals surface area contributed by atoms with E-state index in [0.717, 1.165) is 0 Å². The molecule has 2 aliphatic rings. The molecule has 2 fully saturated rings. The molecule has 0 saturated carbocycles. The number of hydrogen-bond donors (Lipinski definition) is 2. The molecule has 2 rings (SSSR count). The zero-order valence-electron chi connectivity index (χ0n) is 11.3. The van der Waals surface area contributed by atoms with Crippen LogP contribution in [0.2, 0.25) is 0 Å². The molecule has 2 atom stereocenters. The predicted molar refractivity (Wildman–Crippen MR) is 68.5 cm³/mol.